The summed E-state index contributed by atoms with van der Waals surface area (Å²) in [7, 11) is 0. The molecule has 2 nitrogen and oxygen atoms in total. The van der Waals surface area contributed by atoms with E-state index in [9.17, 15) is 10.2 Å². The van der Waals surface area contributed by atoms with Crippen LogP contribution in [0.4, 0.5) is 0 Å². The van der Waals surface area contributed by atoms with Gasteiger partial charge in [0.15, 0.2) is 0 Å². The summed E-state index contributed by atoms with van der Waals surface area (Å²) in [6, 6.07) is 18.6. The Morgan fingerprint density at radius 2 is 1.59 bits per heavy atom. The van der Waals surface area contributed by atoms with E-state index in [0.29, 0.717) is 0 Å². The van der Waals surface area contributed by atoms with Gasteiger partial charge in [-0.1, -0.05) is 54.6 Å². The van der Waals surface area contributed by atoms with Gasteiger partial charge in [0, 0.05) is 0 Å². The van der Waals surface area contributed by atoms with E-state index in [1.807, 2.05) is 18.2 Å². The van der Waals surface area contributed by atoms with Crippen molar-refractivity contribution < 1.29 is 10.2 Å². The van der Waals surface area contributed by atoms with Crippen molar-refractivity contribution in [2.45, 2.75) is 12.2 Å². The average molecular weight is 286 g/mol. The molecule has 5 rings (SSSR count). The zero-order chi connectivity index (χ0) is 14.8. The van der Waals surface area contributed by atoms with Crippen LogP contribution in [-0.4, -0.2) is 16.3 Å². The van der Waals surface area contributed by atoms with Crippen LogP contribution in [0, 0.1) is 0 Å². The molecule has 106 valence electrons. The van der Waals surface area contributed by atoms with Crippen molar-refractivity contribution in [1.82, 2.24) is 0 Å². The van der Waals surface area contributed by atoms with Crippen molar-refractivity contribution >= 4 is 16.3 Å². The van der Waals surface area contributed by atoms with E-state index < -0.39 is 12.2 Å². The Morgan fingerprint density at radius 3 is 2.50 bits per heavy atom. The number of hydrogen-bond acceptors (Lipinski definition) is 2. The first-order valence-corrected chi connectivity index (χ1v) is 7.49. The van der Waals surface area contributed by atoms with E-state index in [4.69, 9.17) is 0 Å². The molecular weight excluding hydrogens is 272 g/mol. The smallest absolute Gasteiger partial charge is 0.109 e. The maximum absolute atomic E-state index is 10.3. The topological polar surface area (TPSA) is 40.5 Å². The lowest BCUT2D eigenvalue weighted by molar-refractivity contribution is 0.0467. The monoisotopic (exact) mass is 286 g/mol. The molecule has 2 heteroatoms. The van der Waals surface area contributed by atoms with Gasteiger partial charge in [-0.3, -0.25) is 0 Å². The van der Waals surface area contributed by atoms with Gasteiger partial charge in [-0.05, 0) is 50.2 Å². The summed E-state index contributed by atoms with van der Waals surface area (Å²) in [5.41, 5.74) is 6.45. The summed E-state index contributed by atoms with van der Waals surface area (Å²) in [6.45, 7) is 0. The molecule has 0 bridgehead atoms. The van der Waals surface area contributed by atoms with Gasteiger partial charge >= 0.3 is 0 Å². The first kappa shape index (κ1) is 12.2. The van der Waals surface area contributed by atoms with Gasteiger partial charge < -0.3 is 10.2 Å². The number of fused-ring (bicyclic) bond motifs is 5. The van der Waals surface area contributed by atoms with Crippen molar-refractivity contribution in [3.05, 3.63) is 77.4 Å². The largest absolute Gasteiger partial charge is 0.386 e. The molecule has 2 aliphatic rings. The second kappa shape index (κ2) is 4.07. The van der Waals surface area contributed by atoms with Crippen LogP contribution in [0.5, 0.6) is 0 Å². The second-order valence-corrected chi connectivity index (χ2v) is 5.99. The molecule has 3 aromatic carbocycles. The van der Waals surface area contributed by atoms with E-state index in [0.717, 1.165) is 27.8 Å². The summed E-state index contributed by atoms with van der Waals surface area (Å²) in [4.78, 5) is 0. The first-order chi connectivity index (χ1) is 10.8. The Morgan fingerprint density at radius 1 is 0.727 bits per heavy atom. The molecule has 0 aromatic heterocycles. The average Bonchev–Trinajstić information content (AvgIpc) is 2.88. The number of aliphatic hydroxyl groups excluding tert-OH is 2. The lowest BCUT2D eigenvalue weighted by Gasteiger charge is -2.24. The van der Waals surface area contributed by atoms with Gasteiger partial charge in [0.25, 0.3) is 0 Å². The third kappa shape index (κ3) is 1.36. The van der Waals surface area contributed by atoms with E-state index in [2.05, 4.69) is 36.4 Å². The van der Waals surface area contributed by atoms with Crippen LogP contribution in [0.25, 0.3) is 27.5 Å². The van der Waals surface area contributed by atoms with Crippen molar-refractivity contribution in [2.75, 3.05) is 0 Å². The fourth-order valence-electron chi connectivity index (χ4n) is 3.87. The number of aliphatic hydroxyl groups is 2. The molecule has 3 aromatic rings. The highest BCUT2D eigenvalue weighted by molar-refractivity contribution is 6.12. The maximum atomic E-state index is 10.3. The van der Waals surface area contributed by atoms with Crippen LogP contribution in [0.1, 0.15) is 22.8 Å². The lowest BCUT2D eigenvalue weighted by Crippen LogP contribution is -2.20. The van der Waals surface area contributed by atoms with Crippen LogP contribution < -0.4 is 0 Å². The Labute approximate surface area is 128 Å². The van der Waals surface area contributed by atoms with Gasteiger partial charge in [-0.25, -0.2) is 0 Å². The summed E-state index contributed by atoms with van der Waals surface area (Å²) >= 11 is 0. The molecule has 0 amide bonds. The molecule has 0 spiro atoms. The van der Waals surface area contributed by atoms with E-state index in [1.54, 1.807) is 6.08 Å². The third-order valence-electron chi connectivity index (χ3n) is 4.83. The lowest BCUT2D eigenvalue weighted by atomic mass is 9.87. The summed E-state index contributed by atoms with van der Waals surface area (Å²) in [5, 5.41) is 22.9. The van der Waals surface area contributed by atoms with E-state index >= 15 is 0 Å². The molecule has 2 aliphatic carbocycles. The van der Waals surface area contributed by atoms with Crippen LogP contribution in [0.15, 0.2) is 60.7 Å². The molecule has 22 heavy (non-hydrogen) atoms. The van der Waals surface area contributed by atoms with Crippen molar-refractivity contribution in [2.24, 2.45) is 0 Å². The Balaban J connectivity index is 1.98. The van der Waals surface area contributed by atoms with Gasteiger partial charge in [-0.15, -0.1) is 0 Å². The van der Waals surface area contributed by atoms with Gasteiger partial charge in [0.05, 0.1) is 0 Å². The molecule has 0 aliphatic heterocycles. The summed E-state index contributed by atoms with van der Waals surface area (Å²) in [6.07, 6.45) is 0.0892. The van der Waals surface area contributed by atoms with Gasteiger partial charge in [0.1, 0.15) is 12.2 Å². The van der Waals surface area contributed by atoms with E-state index in [-0.39, 0.29) is 0 Å². The van der Waals surface area contributed by atoms with E-state index in [1.165, 1.54) is 16.3 Å². The minimum absolute atomic E-state index is 0.822. The predicted octanol–water partition coefficient (Wildman–Crippen LogP) is 3.66. The Hall–Kier alpha value is -2.42. The molecule has 0 fully saturated rings. The van der Waals surface area contributed by atoms with Gasteiger partial charge in [-0.2, -0.15) is 0 Å². The summed E-state index contributed by atoms with van der Waals surface area (Å²) < 4.78 is 0. The minimum Gasteiger partial charge on any atom is -0.386 e. The zero-order valence-electron chi connectivity index (χ0n) is 11.8. The molecule has 2 N–H and O–H groups in total. The van der Waals surface area contributed by atoms with Crippen molar-refractivity contribution in [1.29, 1.82) is 0 Å². The molecule has 0 radical (unpaired) electrons. The summed E-state index contributed by atoms with van der Waals surface area (Å²) in [5.74, 6) is 0. The maximum Gasteiger partial charge on any atom is 0.109 e. The Kier molecular flexibility index (Phi) is 2.25. The normalized spacial score (nSPS) is 21.5. The van der Waals surface area contributed by atoms with Crippen LogP contribution in [-0.2, 0) is 0 Å². The highest BCUT2D eigenvalue weighted by Gasteiger charge is 2.34. The fourth-order valence-corrected chi connectivity index (χ4v) is 3.87. The number of rotatable bonds is 0. The Bertz CT molecular complexity index is 969. The van der Waals surface area contributed by atoms with Crippen molar-refractivity contribution in [3.63, 3.8) is 0 Å². The molecule has 0 saturated heterocycles. The fraction of sp³-hybridized carbons (Fsp3) is 0.100. The molecular formula is C20H14O2. The third-order valence-corrected chi connectivity index (χ3v) is 4.83. The molecule has 0 heterocycles. The SMILES string of the molecule is O[C@@H]1C=C2c3ccc4ccccc4c3-c3cccc(c32)[C@H]1O. The van der Waals surface area contributed by atoms with Crippen LogP contribution in [0.2, 0.25) is 0 Å². The minimum atomic E-state index is -0.852. The molecule has 2 atom stereocenters. The predicted molar refractivity (Wildman–Crippen MR) is 87.4 cm³/mol. The quantitative estimate of drug-likeness (QED) is 0.518. The molecule has 0 unspecified atom stereocenters. The molecule has 0 saturated carbocycles. The highest BCUT2D eigenvalue weighted by Crippen LogP contribution is 2.52. The van der Waals surface area contributed by atoms with Crippen molar-refractivity contribution in [3.8, 4) is 11.1 Å². The number of hydrogen-bond donors (Lipinski definition) is 2. The highest BCUT2D eigenvalue weighted by atomic mass is 16.3. The van der Waals surface area contributed by atoms with Gasteiger partial charge in [0.2, 0.25) is 0 Å². The first-order valence-electron chi connectivity index (χ1n) is 7.49. The second-order valence-electron chi connectivity index (χ2n) is 5.99. The van der Waals surface area contributed by atoms with Crippen LogP contribution in [0.3, 0.4) is 0 Å². The zero-order valence-corrected chi connectivity index (χ0v) is 11.8. The number of benzene rings is 3. The standard InChI is InChI=1S/C20H14O2/c21-17-10-16-13-9-8-11-4-1-2-5-12(11)18(13)14-6-3-7-15(19(14)16)20(17)22/h1-10,17,20-22H/t17-,20-/m1/s1. The van der Waals surface area contributed by atoms with Crippen LogP contribution >= 0.6 is 0 Å².